The Morgan fingerprint density at radius 3 is 2.27 bits per heavy atom. The van der Waals surface area contributed by atoms with E-state index in [4.69, 9.17) is 7.76 Å². The molecule has 1 aromatic rings. The Labute approximate surface area is 108 Å². The molecule has 0 spiro atoms. The molecule has 0 N–H and O–H groups in total. The predicted octanol–water partition coefficient (Wildman–Crippen LogP) is 2.78. The molecule has 0 radical (unpaired) electrons. The lowest BCUT2D eigenvalue weighted by atomic mass is 10.2. The van der Waals surface area contributed by atoms with Crippen LogP contribution in [0.4, 0.5) is 5.69 Å². The molecule has 4 nitrogen and oxygen atoms in total. The van der Waals surface area contributed by atoms with E-state index in [-0.39, 0.29) is 24.0 Å². The van der Waals surface area contributed by atoms with Gasteiger partial charge < -0.3 is 0 Å². The van der Waals surface area contributed by atoms with Crippen LogP contribution < -0.4 is 0 Å². The van der Waals surface area contributed by atoms with E-state index in [1.54, 1.807) is 6.07 Å². The molecule has 1 rings (SSSR count). The monoisotopic (exact) mass is 323 g/mol. The number of rotatable bonds is 1. The topological polar surface area (TPSA) is 58.9 Å². The van der Waals surface area contributed by atoms with Crippen LogP contribution in [0.2, 0.25) is 0 Å². The number of isocyanates is 2. The zero-order valence-corrected chi connectivity index (χ0v) is 10.8. The fraction of sp³-hybridized carbons (Fsp3) is 0.200. The second kappa shape index (κ2) is 10.8. The van der Waals surface area contributed by atoms with Crippen molar-refractivity contribution in [3.8, 4) is 0 Å². The molecule has 0 amide bonds. The number of hydrogen-bond donors (Lipinski definition) is 0. The van der Waals surface area contributed by atoms with Gasteiger partial charge in [0.1, 0.15) is 0 Å². The average molecular weight is 323 g/mol. The van der Waals surface area contributed by atoms with Crippen molar-refractivity contribution in [2.75, 3.05) is 7.05 Å². The van der Waals surface area contributed by atoms with Gasteiger partial charge in [-0.05, 0) is 18.6 Å². The van der Waals surface area contributed by atoms with E-state index in [0.717, 1.165) is 5.56 Å². The fourth-order valence-corrected chi connectivity index (χ4v) is 0.738. The summed E-state index contributed by atoms with van der Waals surface area (Å²) in [7, 11) is 1.38. The molecular weight excluding hydrogens is 307 g/mol. The van der Waals surface area contributed by atoms with Crippen LogP contribution in [-0.2, 0) is 9.59 Å². The maximum Gasteiger partial charge on any atom is 0.240 e. The van der Waals surface area contributed by atoms with E-state index in [0.29, 0.717) is 5.69 Å². The van der Waals surface area contributed by atoms with Crippen molar-refractivity contribution in [3.63, 3.8) is 0 Å². The smallest absolute Gasteiger partial charge is 0.211 e. The maximum absolute atomic E-state index is 9.83. The number of benzene rings is 1. The summed E-state index contributed by atoms with van der Waals surface area (Å²) in [6.07, 6.45) is 2.81. The zero-order chi connectivity index (χ0) is 12.8. The van der Waals surface area contributed by atoms with Gasteiger partial charge in [-0.3, -0.25) is 0 Å². The first-order chi connectivity index (χ1) is 7.76. The zero-order valence-electron chi connectivity index (χ0n) is 10.4. The minimum atomic E-state index is 0. The quantitative estimate of drug-likeness (QED) is 0.453. The Hall–Kier alpha value is -1.29. The summed E-state index contributed by atoms with van der Waals surface area (Å²) in [4.78, 5) is 25.1. The third-order valence-corrected chi connectivity index (χ3v) is 1.37. The molecule has 0 aliphatic heterocycles. The van der Waals surface area contributed by atoms with Crippen LogP contribution in [0.15, 0.2) is 34.3 Å². The molecule has 0 saturated heterocycles. The largest absolute Gasteiger partial charge is 0.240 e. The van der Waals surface area contributed by atoms with Crippen LogP contribution in [0, 0.1) is 6.92 Å². The van der Waals surface area contributed by atoms with Crippen molar-refractivity contribution in [1.29, 1.82) is 0 Å². The maximum atomic E-state index is 9.83. The number of aliphatic imine (C=N–C) groups is 2. The summed E-state index contributed by atoms with van der Waals surface area (Å²) in [5, 5.41) is 0. The molecule has 5 heteroatoms. The highest BCUT2D eigenvalue weighted by atomic mass is 127. The van der Waals surface area contributed by atoms with E-state index in [1.165, 1.54) is 19.2 Å². The summed E-state index contributed by atoms with van der Waals surface area (Å²) in [5.74, 6) is 0. The molecular formula is C10H13IN2O2. The highest BCUT2D eigenvalue weighted by molar-refractivity contribution is 14.0. The third-order valence-electron chi connectivity index (χ3n) is 1.37. The third kappa shape index (κ3) is 7.76. The van der Waals surface area contributed by atoms with Gasteiger partial charge in [-0.2, -0.15) is 4.99 Å². The Kier molecular flexibility index (Phi) is 9.86. The predicted molar refractivity (Wildman–Crippen MR) is 70.5 cm³/mol. The van der Waals surface area contributed by atoms with Gasteiger partial charge in [-0.15, -0.1) is 24.0 Å². The van der Waals surface area contributed by atoms with Crippen LogP contribution in [0.1, 0.15) is 8.53 Å². The number of para-hydroxylation sites is 1. The first kappa shape index (κ1) is 13.7. The first-order valence-corrected chi connectivity index (χ1v) is 3.85. The van der Waals surface area contributed by atoms with E-state index in [1.807, 2.05) is 25.1 Å². The SMILES string of the molecule is CN=C=O.Cc1ccccc1N=C=O.I.[2H][3H]. The van der Waals surface area contributed by atoms with Crippen LogP contribution in [-0.4, -0.2) is 19.2 Å². The number of hydrogen-bond acceptors (Lipinski definition) is 4. The molecule has 82 valence electrons. The molecule has 0 heterocycles. The molecule has 0 aromatic heterocycles. The van der Waals surface area contributed by atoms with E-state index in [2.05, 4.69) is 9.98 Å². The van der Waals surface area contributed by atoms with Crippen LogP contribution >= 0.6 is 24.0 Å². The lowest BCUT2D eigenvalue weighted by Gasteiger charge is -1.92. The molecule has 0 unspecified atom stereocenters. The van der Waals surface area contributed by atoms with Gasteiger partial charge in [-0.25, -0.2) is 14.6 Å². The van der Waals surface area contributed by atoms with Crippen LogP contribution in [0.25, 0.3) is 0 Å². The highest BCUT2D eigenvalue weighted by Gasteiger charge is 1.90. The van der Waals surface area contributed by atoms with Gasteiger partial charge in [0.05, 0.1) is 5.69 Å². The second-order valence-corrected chi connectivity index (χ2v) is 2.30. The van der Waals surface area contributed by atoms with Crippen molar-refractivity contribution in [2.45, 2.75) is 6.92 Å². The molecule has 1 aromatic carbocycles. The first-order valence-electron chi connectivity index (χ1n) is 4.85. The van der Waals surface area contributed by atoms with Gasteiger partial charge in [0.15, 0.2) is 0 Å². The lowest BCUT2D eigenvalue weighted by molar-refractivity contribution is 0.564. The van der Waals surface area contributed by atoms with Gasteiger partial charge in [0, 0.05) is 10.0 Å². The summed E-state index contributed by atoms with van der Waals surface area (Å²) in [5.41, 5.74) is 1.68. The Morgan fingerprint density at radius 1 is 1.33 bits per heavy atom. The van der Waals surface area contributed by atoms with Gasteiger partial charge in [0.25, 0.3) is 0 Å². The van der Waals surface area contributed by atoms with E-state index < -0.39 is 0 Å². The van der Waals surface area contributed by atoms with E-state index in [9.17, 15) is 4.79 Å². The molecule has 0 fully saturated rings. The van der Waals surface area contributed by atoms with Crippen LogP contribution in [0.5, 0.6) is 0 Å². The molecule has 0 atom stereocenters. The standard InChI is InChI=1S/C8H7NO.C2H3NO.HI.H2/c1-7-4-2-3-5-8(7)9-6-10;1-3-2-4;;/h2-5H,1H3;1H3;2*1H/i;;;1+2D. The van der Waals surface area contributed by atoms with Gasteiger partial charge in [-0.1, -0.05) is 18.2 Å². The number of aryl methyl sites for hydroxylation is 1. The minimum Gasteiger partial charge on any atom is -0.211 e. The highest BCUT2D eigenvalue weighted by Crippen LogP contribution is 2.15. The van der Waals surface area contributed by atoms with Gasteiger partial charge in [0.2, 0.25) is 12.2 Å². The minimum absolute atomic E-state index is 0. The number of halogens is 1. The fourth-order valence-electron chi connectivity index (χ4n) is 0.738. The number of nitrogens with zero attached hydrogens (tertiary/aromatic N) is 2. The average Bonchev–Trinajstić information content (AvgIpc) is 2.35. The Bertz CT molecular complexity index is 390. The molecule has 0 aliphatic carbocycles. The molecule has 0 saturated carbocycles. The van der Waals surface area contributed by atoms with Gasteiger partial charge >= 0.3 is 0 Å². The van der Waals surface area contributed by atoms with Crippen molar-refractivity contribution in [2.24, 2.45) is 9.98 Å². The summed E-state index contributed by atoms with van der Waals surface area (Å²) in [6, 6.07) is 7.42. The Balaban J connectivity index is -0.000000242. The number of carbonyl (C=O) groups excluding carboxylic acids is 2. The van der Waals surface area contributed by atoms with Crippen molar-refractivity contribution >= 4 is 41.8 Å². The van der Waals surface area contributed by atoms with Crippen molar-refractivity contribution < 1.29 is 12.6 Å². The van der Waals surface area contributed by atoms with Crippen LogP contribution in [0.3, 0.4) is 0 Å². The molecule has 0 aliphatic rings. The summed E-state index contributed by atoms with van der Waals surface area (Å²) >= 11 is 0. The normalized spacial score (nSPS) is 7.33. The molecule has 0 bridgehead atoms. The summed E-state index contributed by atoms with van der Waals surface area (Å²) in [6.45, 7) is 1.90. The molecule has 15 heavy (non-hydrogen) atoms. The lowest BCUT2D eigenvalue weighted by Crippen LogP contribution is -1.70. The van der Waals surface area contributed by atoms with Crippen molar-refractivity contribution in [3.05, 3.63) is 29.8 Å². The Morgan fingerprint density at radius 2 is 1.87 bits per heavy atom. The summed E-state index contributed by atoms with van der Waals surface area (Å²) < 4.78 is 10.0. The van der Waals surface area contributed by atoms with Crippen molar-refractivity contribution in [1.82, 2.24) is 0 Å². The van der Waals surface area contributed by atoms with E-state index >= 15 is 0 Å². The second-order valence-electron chi connectivity index (χ2n) is 2.30.